The molecule has 9 heteroatoms. The Morgan fingerprint density at radius 3 is 2.25 bits per heavy atom. The summed E-state index contributed by atoms with van der Waals surface area (Å²) in [6, 6.07) is 0.947. The number of nitrogens with zero attached hydrogens (tertiary/aromatic N) is 2. The summed E-state index contributed by atoms with van der Waals surface area (Å²) in [5.41, 5.74) is -2.74. The lowest BCUT2D eigenvalue weighted by atomic mass is 10.0. The average Bonchev–Trinajstić information content (AvgIpc) is 2.33. The van der Waals surface area contributed by atoms with Crippen molar-refractivity contribution in [1.82, 2.24) is 0 Å². The van der Waals surface area contributed by atoms with Gasteiger partial charge in [0.1, 0.15) is 5.58 Å². The lowest BCUT2D eigenvalue weighted by Gasteiger charge is -2.06. The maximum absolute atomic E-state index is 11.6. The molecule has 0 aliphatic carbocycles. The summed E-state index contributed by atoms with van der Waals surface area (Å²) >= 11 is 0. The molecule has 1 aromatic heterocycles. The van der Waals surface area contributed by atoms with E-state index < -0.39 is 32.6 Å². The number of benzene rings is 1. The second-order valence-corrected chi connectivity index (χ2v) is 4.12. The molecule has 0 saturated heterocycles. The molecule has 0 unspecified atom stereocenters. The number of hydrogen-bond acceptors (Lipinski definition) is 7. The van der Waals surface area contributed by atoms with Crippen LogP contribution in [0.15, 0.2) is 15.3 Å². The van der Waals surface area contributed by atoms with Gasteiger partial charge >= 0.3 is 17.0 Å². The average molecular weight is 280 g/mol. The molecule has 0 atom stereocenters. The summed E-state index contributed by atoms with van der Waals surface area (Å²) in [4.78, 5) is 31.5. The minimum absolute atomic E-state index is 0.0238. The van der Waals surface area contributed by atoms with Gasteiger partial charge in [0.05, 0.1) is 9.85 Å². The Morgan fingerprint density at radius 2 is 1.75 bits per heavy atom. The Hall–Kier alpha value is -2.97. The standard InChI is InChI=1S/C11H8N2O7/c1-4-6-3-7(12(16)17)9(14)5(2)10(6)20-11(15)8(4)13(18)19/h3,14H,1-2H3. The molecule has 1 N–H and O–H groups in total. The number of phenolic OH excluding ortho intramolecular Hbond substituents is 1. The number of nitro benzene ring substituents is 1. The summed E-state index contributed by atoms with van der Waals surface area (Å²) in [5.74, 6) is -0.640. The van der Waals surface area contributed by atoms with Gasteiger partial charge in [-0.25, -0.2) is 4.79 Å². The van der Waals surface area contributed by atoms with Crippen LogP contribution in [0.4, 0.5) is 11.4 Å². The van der Waals surface area contributed by atoms with E-state index in [9.17, 15) is 30.1 Å². The number of nitro groups is 2. The third-order valence-corrected chi connectivity index (χ3v) is 2.99. The first-order valence-electron chi connectivity index (χ1n) is 5.34. The molecule has 1 aromatic carbocycles. The van der Waals surface area contributed by atoms with Crippen LogP contribution in [0.25, 0.3) is 11.0 Å². The molecule has 2 aromatic rings. The maximum Gasteiger partial charge on any atom is 0.415 e. The number of aryl methyl sites for hydroxylation is 2. The SMILES string of the molecule is Cc1c([N+](=O)[O-])c(=O)oc2c(C)c(O)c([N+](=O)[O-])cc12. The zero-order valence-corrected chi connectivity index (χ0v) is 10.4. The van der Waals surface area contributed by atoms with Crippen LogP contribution in [0, 0.1) is 34.1 Å². The topological polar surface area (TPSA) is 137 Å². The maximum atomic E-state index is 11.6. The molecule has 0 aliphatic rings. The van der Waals surface area contributed by atoms with Gasteiger partial charge in [-0.1, -0.05) is 0 Å². The lowest BCUT2D eigenvalue weighted by molar-refractivity contribution is -0.387. The van der Waals surface area contributed by atoms with E-state index in [-0.39, 0.29) is 22.1 Å². The summed E-state index contributed by atoms with van der Waals surface area (Å²) in [6.07, 6.45) is 0. The Balaban J connectivity index is 3.06. The number of hydrogen-bond donors (Lipinski definition) is 1. The Labute approximate surface area is 110 Å². The Kier molecular flexibility index (Phi) is 2.89. The predicted octanol–water partition coefficient (Wildman–Crippen LogP) is 1.93. The van der Waals surface area contributed by atoms with Gasteiger partial charge in [-0.3, -0.25) is 20.2 Å². The van der Waals surface area contributed by atoms with Gasteiger partial charge in [0.2, 0.25) is 5.75 Å². The third kappa shape index (κ3) is 1.76. The first-order valence-corrected chi connectivity index (χ1v) is 5.34. The van der Waals surface area contributed by atoms with E-state index in [1.165, 1.54) is 13.8 Å². The fraction of sp³-hybridized carbons (Fsp3) is 0.182. The molecule has 2 rings (SSSR count). The van der Waals surface area contributed by atoms with Crippen LogP contribution in [0.3, 0.4) is 0 Å². The van der Waals surface area contributed by atoms with Crippen molar-refractivity contribution >= 4 is 22.3 Å². The van der Waals surface area contributed by atoms with Crippen molar-refractivity contribution in [2.24, 2.45) is 0 Å². The van der Waals surface area contributed by atoms with E-state index in [1.54, 1.807) is 0 Å². The van der Waals surface area contributed by atoms with Crippen LogP contribution >= 0.6 is 0 Å². The highest BCUT2D eigenvalue weighted by atomic mass is 16.6. The van der Waals surface area contributed by atoms with E-state index in [4.69, 9.17) is 4.42 Å². The fourth-order valence-corrected chi connectivity index (χ4v) is 1.95. The smallest absolute Gasteiger partial charge is 0.415 e. The van der Waals surface area contributed by atoms with Crippen molar-refractivity contribution in [2.45, 2.75) is 13.8 Å². The largest absolute Gasteiger partial charge is 0.502 e. The molecule has 0 radical (unpaired) electrons. The van der Waals surface area contributed by atoms with Crippen molar-refractivity contribution < 1.29 is 19.4 Å². The third-order valence-electron chi connectivity index (χ3n) is 2.99. The second kappa shape index (κ2) is 4.30. The van der Waals surface area contributed by atoms with Gasteiger partial charge in [0.15, 0.2) is 0 Å². The molecule has 9 nitrogen and oxygen atoms in total. The van der Waals surface area contributed by atoms with E-state index in [2.05, 4.69) is 0 Å². The van der Waals surface area contributed by atoms with E-state index in [0.717, 1.165) is 6.07 Å². The summed E-state index contributed by atoms with van der Waals surface area (Å²) in [5, 5.41) is 31.4. The van der Waals surface area contributed by atoms with Crippen molar-refractivity contribution in [2.75, 3.05) is 0 Å². The molecule has 0 fully saturated rings. The van der Waals surface area contributed by atoms with E-state index in [0.29, 0.717) is 0 Å². The highest BCUT2D eigenvalue weighted by molar-refractivity contribution is 5.90. The molecular weight excluding hydrogens is 272 g/mol. The van der Waals surface area contributed by atoms with Crippen LogP contribution in [0.2, 0.25) is 0 Å². The van der Waals surface area contributed by atoms with Crippen LogP contribution in [-0.2, 0) is 0 Å². The first-order chi connectivity index (χ1) is 9.25. The van der Waals surface area contributed by atoms with Gasteiger partial charge in [-0.15, -0.1) is 0 Å². The van der Waals surface area contributed by atoms with Crippen LogP contribution in [0.5, 0.6) is 5.75 Å². The molecular formula is C11H8N2O7. The van der Waals surface area contributed by atoms with Crippen LogP contribution < -0.4 is 5.63 Å². The minimum Gasteiger partial charge on any atom is -0.502 e. The zero-order valence-electron chi connectivity index (χ0n) is 10.4. The lowest BCUT2D eigenvalue weighted by Crippen LogP contribution is -2.09. The van der Waals surface area contributed by atoms with Gasteiger partial charge in [0.25, 0.3) is 0 Å². The van der Waals surface area contributed by atoms with Crippen LogP contribution in [0.1, 0.15) is 11.1 Å². The van der Waals surface area contributed by atoms with Crippen molar-refractivity contribution in [3.05, 3.63) is 47.8 Å². The summed E-state index contributed by atoms with van der Waals surface area (Å²) in [7, 11) is 0. The molecule has 0 spiro atoms. The zero-order chi connectivity index (χ0) is 15.2. The quantitative estimate of drug-likeness (QED) is 0.504. The van der Waals surface area contributed by atoms with Gasteiger partial charge in [-0.05, 0) is 13.8 Å². The van der Waals surface area contributed by atoms with Gasteiger partial charge in [-0.2, -0.15) is 0 Å². The van der Waals surface area contributed by atoms with Gasteiger partial charge in [0, 0.05) is 22.6 Å². The predicted molar refractivity (Wildman–Crippen MR) is 66.9 cm³/mol. The molecule has 20 heavy (non-hydrogen) atoms. The monoisotopic (exact) mass is 280 g/mol. The molecule has 0 aliphatic heterocycles. The van der Waals surface area contributed by atoms with E-state index in [1.807, 2.05) is 0 Å². The fourth-order valence-electron chi connectivity index (χ4n) is 1.95. The van der Waals surface area contributed by atoms with Crippen molar-refractivity contribution in [1.29, 1.82) is 0 Å². The highest BCUT2D eigenvalue weighted by Gasteiger charge is 2.27. The molecule has 0 amide bonds. The Morgan fingerprint density at radius 1 is 1.15 bits per heavy atom. The summed E-state index contributed by atoms with van der Waals surface area (Å²) < 4.78 is 4.80. The molecule has 1 heterocycles. The van der Waals surface area contributed by atoms with Crippen LogP contribution in [-0.4, -0.2) is 15.0 Å². The summed E-state index contributed by atoms with van der Waals surface area (Å²) in [6.45, 7) is 2.61. The van der Waals surface area contributed by atoms with Gasteiger partial charge < -0.3 is 9.52 Å². The molecule has 0 saturated carbocycles. The number of aromatic hydroxyl groups is 1. The highest BCUT2D eigenvalue weighted by Crippen LogP contribution is 2.37. The van der Waals surface area contributed by atoms with Crippen molar-refractivity contribution in [3.63, 3.8) is 0 Å². The number of fused-ring (bicyclic) bond motifs is 1. The number of rotatable bonds is 2. The second-order valence-electron chi connectivity index (χ2n) is 4.12. The first kappa shape index (κ1) is 13.5. The molecule has 0 bridgehead atoms. The van der Waals surface area contributed by atoms with E-state index >= 15 is 0 Å². The normalized spacial score (nSPS) is 10.7. The molecule has 104 valence electrons. The minimum atomic E-state index is -1.17. The van der Waals surface area contributed by atoms with Crippen molar-refractivity contribution in [3.8, 4) is 5.75 Å². The Bertz CT molecular complexity index is 822. The number of phenols is 1.